The number of hydrogen-bond acceptors (Lipinski definition) is 3. The van der Waals surface area contributed by atoms with Crippen molar-refractivity contribution in [1.29, 1.82) is 0 Å². The first kappa shape index (κ1) is 13.0. The fraction of sp³-hybridized carbons (Fsp3) is 0.545. The number of thiophene rings is 1. The minimum absolute atomic E-state index is 0.277. The van der Waals surface area contributed by atoms with Crippen LogP contribution in [0.15, 0.2) is 16.8 Å². The van der Waals surface area contributed by atoms with Gasteiger partial charge in [0.25, 0.3) is 0 Å². The molecule has 2 amide bonds. The molecular weight excluding hydrogens is 224 g/mol. The Bertz CT molecular complexity index is 312. The fourth-order valence-corrected chi connectivity index (χ4v) is 1.94. The summed E-state index contributed by atoms with van der Waals surface area (Å²) in [4.78, 5) is 11.4. The average Bonchev–Trinajstić information content (AvgIpc) is 2.66. The monoisotopic (exact) mass is 242 g/mol. The van der Waals surface area contributed by atoms with Gasteiger partial charge in [0.05, 0.1) is 11.8 Å². The lowest BCUT2D eigenvalue weighted by atomic mass is 10.1. The fourth-order valence-electron chi connectivity index (χ4n) is 1.35. The summed E-state index contributed by atoms with van der Waals surface area (Å²) in [7, 11) is 0. The van der Waals surface area contributed by atoms with E-state index in [1.54, 1.807) is 0 Å². The molecular formula is C11H18N2O2S. The molecule has 4 nitrogen and oxygen atoms in total. The SMILES string of the molecule is CC(C)CC(O)CNC(=O)Nc1ccsc1. The average molecular weight is 242 g/mol. The number of anilines is 1. The van der Waals surface area contributed by atoms with Crippen molar-refractivity contribution in [2.24, 2.45) is 5.92 Å². The van der Waals surface area contributed by atoms with Crippen molar-refractivity contribution in [3.05, 3.63) is 16.8 Å². The number of aliphatic hydroxyl groups excluding tert-OH is 1. The van der Waals surface area contributed by atoms with Gasteiger partial charge in [-0.2, -0.15) is 11.3 Å². The Morgan fingerprint density at radius 1 is 1.56 bits per heavy atom. The third kappa shape index (κ3) is 5.14. The van der Waals surface area contributed by atoms with E-state index < -0.39 is 6.10 Å². The molecule has 0 radical (unpaired) electrons. The third-order valence-corrected chi connectivity index (χ3v) is 2.70. The highest BCUT2D eigenvalue weighted by molar-refractivity contribution is 7.08. The van der Waals surface area contributed by atoms with Gasteiger partial charge in [-0.15, -0.1) is 0 Å². The Morgan fingerprint density at radius 2 is 2.31 bits per heavy atom. The van der Waals surface area contributed by atoms with Crippen LogP contribution in [0.1, 0.15) is 20.3 Å². The van der Waals surface area contributed by atoms with Crippen LogP contribution in [0.4, 0.5) is 10.5 Å². The molecule has 5 heteroatoms. The van der Waals surface area contributed by atoms with Gasteiger partial charge in [-0.3, -0.25) is 0 Å². The van der Waals surface area contributed by atoms with Gasteiger partial charge in [-0.05, 0) is 23.8 Å². The second-order valence-corrected chi connectivity index (χ2v) is 4.91. The number of nitrogens with one attached hydrogen (secondary N) is 2. The molecule has 0 saturated carbocycles. The Balaban J connectivity index is 2.20. The van der Waals surface area contributed by atoms with Crippen molar-refractivity contribution < 1.29 is 9.90 Å². The van der Waals surface area contributed by atoms with Crippen molar-refractivity contribution in [2.45, 2.75) is 26.4 Å². The van der Waals surface area contributed by atoms with Crippen LogP contribution < -0.4 is 10.6 Å². The zero-order valence-corrected chi connectivity index (χ0v) is 10.4. The Kier molecular flexibility index (Phi) is 5.28. The maximum absolute atomic E-state index is 11.4. The first-order chi connectivity index (χ1) is 7.58. The van der Waals surface area contributed by atoms with Crippen molar-refractivity contribution in [1.82, 2.24) is 5.32 Å². The number of urea groups is 1. The summed E-state index contributed by atoms with van der Waals surface area (Å²) >= 11 is 1.52. The van der Waals surface area contributed by atoms with Gasteiger partial charge < -0.3 is 15.7 Å². The highest BCUT2D eigenvalue weighted by Gasteiger charge is 2.08. The van der Waals surface area contributed by atoms with E-state index in [4.69, 9.17) is 0 Å². The van der Waals surface area contributed by atoms with Crippen LogP contribution in [-0.2, 0) is 0 Å². The first-order valence-electron chi connectivity index (χ1n) is 5.33. The lowest BCUT2D eigenvalue weighted by Crippen LogP contribution is -2.35. The van der Waals surface area contributed by atoms with Gasteiger partial charge in [0.15, 0.2) is 0 Å². The molecule has 0 bridgehead atoms. The molecule has 1 rings (SSSR count). The minimum Gasteiger partial charge on any atom is -0.391 e. The topological polar surface area (TPSA) is 61.4 Å². The largest absolute Gasteiger partial charge is 0.391 e. The number of rotatable bonds is 5. The summed E-state index contributed by atoms with van der Waals surface area (Å²) in [6, 6.07) is 1.55. The normalized spacial score (nSPS) is 12.5. The van der Waals surface area contributed by atoms with Crippen molar-refractivity contribution >= 4 is 23.1 Å². The lowest BCUT2D eigenvalue weighted by molar-refractivity contribution is 0.148. The lowest BCUT2D eigenvalue weighted by Gasteiger charge is -2.13. The number of amides is 2. The smallest absolute Gasteiger partial charge is 0.319 e. The summed E-state index contributed by atoms with van der Waals surface area (Å²) < 4.78 is 0. The van der Waals surface area contributed by atoms with Gasteiger partial charge in [-0.25, -0.2) is 4.79 Å². The van der Waals surface area contributed by atoms with Crippen LogP contribution in [0, 0.1) is 5.92 Å². The second kappa shape index (κ2) is 6.50. The Morgan fingerprint density at radius 3 is 2.88 bits per heavy atom. The van der Waals surface area contributed by atoms with E-state index in [9.17, 15) is 9.90 Å². The van der Waals surface area contributed by atoms with Gasteiger partial charge in [0.1, 0.15) is 0 Å². The van der Waals surface area contributed by atoms with Crippen molar-refractivity contribution in [3.63, 3.8) is 0 Å². The van der Waals surface area contributed by atoms with E-state index in [1.165, 1.54) is 11.3 Å². The molecule has 1 heterocycles. The summed E-state index contributed by atoms with van der Waals surface area (Å²) in [5, 5.41) is 18.6. The summed E-state index contributed by atoms with van der Waals surface area (Å²) in [5.41, 5.74) is 0.779. The molecule has 90 valence electrons. The number of hydrogen-bond donors (Lipinski definition) is 3. The molecule has 1 aromatic heterocycles. The maximum Gasteiger partial charge on any atom is 0.319 e. The second-order valence-electron chi connectivity index (χ2n) is 4.13. The zero-order valence-electron chi connectivity index (χ0n) is 9.56. The highest BCUT2D eigenvalue weighted by Crippen LogP contribution is 2.11. The van der Waals surface area contributed by atoms with Gasteiger partial charge in [-0.1, -0.05) is 13.8 Å². The van der Waals surface area contributed by atoms with Gasteiger partial charge >= 0.3 is 6.03 Å². The molecule has 0 spiro atoms. The van der Waals surface area contributed by atoms with Crippen LogP contribution in [0.25, 0.3) is 0 Å². The van der Waals surface area contributed by atoms with Crippen molar-refractivity contribution in [2.75, 3.05) is 11.9 Å². The number of carbonyl (C=O) groups excluding carboxylic acids is 1. The van der Waals surface area contributed by atoms with Crippen molar-refractivity contribution in [3.8, 4) is 0 Å². The molecule has 0 aliphatic rings. The summed E-state index contributed by atoms with van der Waals surface area (Å²) in [5.74, 6) is 0.428. The standard InChI is InChI=1S/C11H18N2O2S/c1-8(2)5-10(14)6-12-11(15)13-9-3-4-16-7-9/h3-4,7-8,10,14H,5-6H2,1-2H3,(H2,12,13,15). The molecule has 1 unspecified atom stereocenters. The first-order valence-corrected chi connectivity index (χ1v) is 6.27. The van der Waals surface area contributed by atoms with E-state index in [0.717, 1.165) is 5.69 Å². The Labute approximate surface area is 99.7 Å². The van der Waals surface area contributed by atoms with E-state index in [0.29, 0.717) is 12.3 Å². The quantitative estimate of drug-likeness (QED) is 0.741. The van der Waals surface area contributed by atoms with Crippen LogP contribution in [0.3, 0.4) is 0 Å². The van der Waals surface area contributed by atoms with E-state index in [1.807, 2.05) is 30.7 Å². The molecule has 1 atom stereocenters. The molecule has 3 N–H and O–H groups in total. The molecule has 0 aliphatic carbocycles. The van der Waals surface area contributed by atoms with E-state index in [-0.39, 0.29) is 12.6 Å². The molecule has 0 saturated heterocycles. The van der Waals surface area contributed by atoms with E-state index >= 15 is 0 Å². The number of aliphatic hydroxyl groups is 1. The Hall–Kier alpha value is -1.07. The molecule has 1 aromatic rings. The van der Waals surface area contributed by atoms with Gasteiger partial charge in [0, 0.05) is 11.9 Å². The van der Waals surface area contributed by atoms with Crippen LogP contribution >= 0.6 is 11.3 Å². The highest BCUT2D eigenvalue weighted by atomic mass is 32.1. The maximum atomic E-state index is 11.4. The molecule has 16 heavy (non-hydrogen) atoms. The third-order valence-electron chi connectivity index (χ3n) is 2.02. The van der Waals surface area contributed by atoms with Gasteiger partial charge in [0.2, 0.25) is 0 Å². The van der Waals surface area contributed by atoms with Crippen LogP contribution in [0.2, 0.25) is 0 Å². The minimum atomic E-state index is -0.478. The zero-order chi connectivity index (χ0) is 12.0. The van der Waals surface area contributed by atoms with Crippen LogP contribution in [0.5, 0.6) is 0 Å². The van der Waals surface area contributed by atoms with E-state index in [2.05, 4.69) is 10.6 Å². The molecule has 0 fully saturated rings. The summed E-state index contributed by atoms with van der Waals surface area (Å²) in [6.07, 6.45) is 0.215. The summed E-state index contributed by atoms with van der Waals surface area (Å²) in [6.45, 7) is 4.36. The van der Waals surface area contributed by atoms with Crippen LogP contribution in [-0.4, -0.2) is 23.8 Å². The molecule has 0 aliphatic heterocycles. The predicted molar refractivity (Wildman–Crippen MR) is 66.8 cm³/mol. The number of carbonyl (C=O) groups is 1. The predicted octanol–water partition coefficient (Wildman–Crippen LogP) is 2.28. The molecule has 0 aromatic carbocycles.